The number of rotatable bonds is 6. The topological polar surface area (TPSA) is 76.1 Å². The highest BCUT2D eigenvalue weighted by atomic mass is 32.1. The van der Waals surface area contributed by atoms with Gasteiger partial charge >= 0.3 is 5.97 Å². The lowest BCUT2D eigenvalue weighted by Gasteiger charge is -2.13. The van der Waals surface area contributed by atoms with Crippen molar-refractivity contribution < 1.29 is 9.53 Å². The summed E-state index contributed by atoms with van der Waals surface area (Å²) in [5.74, 6) is 0.900. The molecule has 2 aromatic rings. The van der Waals surface area contributed by atoms with Crippen molar-refractivity contribution in [2.75, 3.05) is 24.3 Å². The molecule has 2 aromatic heterocycles. The highest BCUT2D eigenvalue weighted by molar-refractivity contribution is 7.18. The first kappa shape index (κ1) is 15.5. The van der Waals surface area contributed by atoms with Crippen molar-refractivity contribution in [2.45, 2.75) is 33.2 Å². The molecular formula is C14H20N4O2S. The Morgan fingerprint density at radius 1 is 1.43 bits per heavy atom. The van der Waals surface area contributed by atoms with Gasteiger partial charge in [0, 0.05) is 11.4 Å². The maximum absolute atomic E-state index is 11.6. The van der Waals surface area contributed by atoms with Crippen LogP contribution in [0.4, 0.5) is 11.8 Å². The average Bonchev–Trinajstić information content (AvgIpc) is 2.90. The van der Waals surface area contributed by atoms with Crippen LogP contribution in [0.3, 0.4) is 0 Å². The van der Waals surface area contributed by atoms with Crippen LogP contribution >= 0.6 is 11.3 Å². The van der Waals surface area contributed by atoms with E-state index in [4.69, 9.17) is 4.74 Å². The summed E-state index contributed by atoms with van der Waals surface area (Å²) >= 11 is 1.65. The molecular weight excluding hydrogens is 288 g/mol. The number of thiophene rings is 1. The predicted molar refractivity (Wildman–Crippen MR) is 86.1 cm³/mol. The summed E-state index contributed by atoms with van der Waals surface area (Å²) in [5.41, 5.74) is 0. The fourth-order valence-corrected chi connectivity index (χ4v) is 2.90. The lowest BCUT2D eigenvalue weighted by atomic mass is 10.3. The minimum Gasteiger partial charge on any atom is -0.467 e. The Balaban J connectivity index is 2.43. The van der Waals surface area contributed by atoms with Gasteiger partial charge in [0.15, 0.2) is 0 Å². The van der Waals surface area contributed by atoms with Crippen LogP contribution in [0.1, 0.15) is 25.6 Å². The SMILES string of the molecule is CCNc1nc(NC(C)C(=O)OC)c2cc(CC)sc2n1. The first-order valence-corrected chi connectivity index (χ1v) is 7.79. The molecule has 0 saturated heterocycles. The third-order valence-corrected chi connectivity index (χ3v) is 4.21. The number of anilines is 2. The van der Waals surface area contributed by atoms with Crippen molar-refractivity contribution in [3.63, 3.8) is 0 Å². The van der Waals surface area contributed by atoms with E-state index >= 15 is 0 Å². The van der Waals surface area contributed by atoms with Crippen molar-refractivity contribution in [3.8, 4) is 0 Å². The summed E-state index contributed by atoms with van der Waals surface area (Å²) < 4.78 is 4.74. The molecule has 1 unspecified atom stereocenters. The van der Waals surface area contributed by atoms with Crippen molar-refractivity contribution in [2.24, 2.45) is 0 Å². The van der Waals surface area contributed by atoms with Crippen molar-refractivity contribution in [1.29, 1.82) is 0 Å². The second-order valence-corrected chi connectivity index (χ2v) is 5.72. The van der Waals surface area contributed by atoms with Gasteiger partial charge in [-0.25, -0.2) is 9.78 Å². The molecule has 0 aliphatic heterocycles. The molecule has 0 radical (unpaired) electrons. The molecule has 2 rings (SSSR count). The van der Waals surface area contributed by atoms with E-state index in [0.29, 0.717) is 11.8 Å². The highest BCUT2D eigenvalue weighted by Gasteiger charge is 2.17. The molecule has 0 aromatic carbocycles. The molecule has 0 aliphatic rings. The molecule has 0 spiro atoms. The van der Waals surface area contributed by atoms with Gasteiger partial charge in [0.05, 0.1) is 12.5 Å². The summed E-state index contributed by atoms with van der Waals surface area (Å²) in [7, 11) is 1.37. The van der Waals surface area contributed by atoms with Gasteiger partial charge in [0.2, 0.25) is 5.95 Å². The van der Waals surface area contributed by atoms with E-state index in [1.165, 1.54) is 12.0 Å². The summed E-state index contributed by atoms with van der Waals surface area (Å²) in [6, 6.07) is 1.61. The second kappa shape index (κ2) is 6.71. The van der Waals surface area contributed by atoms with Crippen LogP contribution in [0.2, 0.25) is 0 Å². The Kier molecular flexibility index (Phi) is 4.95. The monoisotopic (exact) mass is 308 g/mol. The Morgan fingerprint density at radius 3 is 2.81 bits per heavy atom. The molecule has 21 heavy (non-hydrogen) atoms. The van der Waals surface area contributed by atoms with Gasteiger partial charge in [-0.2, -0.15) is 4.98 Å². The average molecular weight is 308 g/mol. The zero-order valence-corrected chi connectivity index (χ0v) is 13.5. The molecule has 0 amide bonds. The minimum atomic E-state index is -0.465. The smallest absolute Gasteiger partial charge is 0.328 e. The van der Waals surface area contributed by atoms with E-state index in [1.54, 1.807) is 18.3 Å². The molecule has 6 nitrogen and oxygen atoms in total. The molecule has 0 bridgehead atoms. The largest absolute Gasteiger partial charge is 0.467 e. The van der Waals surface area contributed by atoms with Crippen LogP contribution in [-0.2, 0) is 16.0 Å². The predicted octanol–water partition coefficient (Wildman–Crippen LogP) is 2.66. The standard InChI is InChI=1S/C14H20N4O2S/c1-5-9-7-10-11(16-8(3)13(19)20-4)17-14(15-6-2)18-12(10)21-9/h7-8H,5-6H2,1-4H3,(H2,15,16,17,18). The summed E-state index contributed by atoms with van der Waals surface area (Å²) in [4.78, 5) is 22.7. The number of hydrogen-bond donors (Lipinski definition) is 2. The summed E-state index contributed by atoms with van der Waals surface area (Å²) in [6.07, 6.45) is 0.948. The number of nitrogens with one attached hydrogen (secondary N) is 2. The van der Waals surface area contributed by atoms with E-state index in [9.17, 15) is 4.79 Å². The number of nitrogens with zero attached hydrogens (tertiary/aromatic N) is 2. The molecule has 2 N–H and O–H groups in total. The molecule has 1 atom stereocenters. The Morgan fingerprint density at radius 2 is 2.19 bits per heavy atom. The van der Waals surface area contributed by atoms with Crippen molar-refractivity contribution >= 4 is 39.3 Å². The number of hydrogen-bond acceptors (Lipinski definition) is 7. The van der Waals surface area contributed by atoms with Gasteiger partial charge < -0.3 is 15.4 Å². The number of aromatic nitrogens is 2. The van der Waals surface area contributed by atoms with Crippen LogP contribution in [-0.4, -0.2) is 35.6 Å². The zero-order chi connectivity index (χ0) is 15.4. The van der Waals surface area contributed by atoms with Gasteiger partial charge in [-0.1, -0.05) is 6.92 Å². The molecule has 0 aliphatic carbocycles. The maximum Gasteiger partial charge on any atom is 0.328 e. The number of aryl methyl sites for hydroxylation is 1. The molecule has 0 saturated carbocycles. The number of methoxy groups -OCH3 is 1. The van der Waals surface area contributed by atoms with Crippen molar-refractivity contribution in [3.05, 3.63) is 10.9 Å². The van der Waals surface area contributed by atoms with Crippen LogP contribution < -0.4 is 10.6 Å². The van der Waals surface area contributed by atoms with E-state index < -0.39 is 6.04 Å². The van der Waals surface area contributed by atoms with Crippen molar-refractivity contribution in [1.82, 2.24) is 9.97 Å². The first-order valence-electron chi connectivity index (χ1n) is 6.97. The Labute approximate surface area is 127 Å². The van der Waals surface area contributed by atoms with Gasteiger partial charge in [0.1, 0.15) is 16.7 Å². The Bertz CT molecular complexity index is 641. The van der Waals surface area contributed by atoms with E-state index in [1.807, 2.05) is 6.92 Å². The third-order valence-electron chi connectivity index (χ3n) is 3.04. The summed E-state index contributed by atoms with van der Waals surface area (Å²) in [6.45, 7) is 6.58. The third kappa shape index (κ3) is 3.41. The van der Waals surface area contributed by atoms with Crippen LogP contribution in [0.15, 0.2) is 6.07 Å². The van der Waals surface area contributed by atoms with E-state index in [-0.39, 0.29) is 5.97 Å². The number of carbonyl (C=O) groups excluding carboxylic acids is 1. The van der Waals surface area contributed by atoms with E-state index in [2.05, 4.69) is 33.6 Å². The lowest BCUT2D eigenvalue weighted by Crippen LogP contribution is -2.27. The minimum absolute atomic E-state index is 0.322. The Hall–Kier alpha value is -1.89. The maximum atomic E-state index is 11.6. The number of esters is 1. The molecule has 7 heteroatoms. The normalized spacial score (nSPS) is 12.2. The number of carbonyl (C=O) groups is 1. The number of fused-ring (bicyclic) bond motifs is 1. The molecule has 114 valence electrons. The fraction of sp³-hybridized carbons (Fsp3) is 0.500. The van der Waals surface area contributed by atoms with Crippen LogP contribution in [0.5, 0.6) is 0 Å². The highest BCUT2D eigenvalue weighted by Crippen LogP contribution is 2.30. The van der Waals surface area contributed by atoms with Gasteiger partial charge in [-0.3, -0.25) is 0 Å². The van der Waals surface area contributed by atoms with Crippen LogP contribution in [0, 0.1) is 0 Å². The second-order valence-electron chi connectivity index (χ2n) is 4.60. The van der Waals surface area contributed by atoms with E-state index in [0.717, 1.165) is 23.2 Å². The van der Waals surface area contributed by atoms with Gasteiger partial charge in [-0.15, -0.1) is 11.3 Å². The van der Waals surface area contributed by atoms with Gasteiger partial charge in [0.25, 0.3) is 0 Å². The lowest BCUT2D eigenvalue weighted by molar-refractivity contribution is -0.141. The summed E-state index contributed by atoms with van der Waals surface area (Å²) in [5, 5.41) is 7.16. The quantitative estimate of drug-likeness (QED) is 0.799. The number of ether oxygens (including phenoxy) is 1. The zero-order valence-electron chi connectivity index (χ0n) is 12.7. The van der Waals surface area contributed by atoms with Gasteiger partial charge in [-0.05, 0) is 26.3 Å². The fourth-order valence-electron chi connectivity index (χ4n) is 1.93. The van der Waals surface area contributed by atoms with Crippen LogP contribution in [0.25, 0.3) is 10.2 Å². The molecule has 2 heterocycles. The first-order chi connectivity index (χ1) is 10.1. The molecule has 0 fully saturated rings.